The fourth-order valence-electron chi connectivity index (χ4n) is 2.83. The van der Waals surface area contributed by atoms with Crippen molar-refractivity contribution in [2.75, 3.05) is 6.54 Å². The van der Waals surface area contributed by atoms with Crippen LogP contribution in [0.2, 0.25) is 0 Å². The molecule has 1 aliphatic rings. The van der Waals surface area contributed by atoms with Gasteiger partial charge in [-0.1, -0.05) is 19.8 Å². The predicted molar refractivity (Wildman–Crippen MR) is 59.7 cm³/mol. The number of imidazole rings is 1. The lowest BCUT2D eigenvalue weighted by molar-refractivity contribution is 0.121. The zero-order valence-corrected chi connectivity index (χ0v) is 9.20. The van der Waals surface area contributed by atoms with Crippen molar-refractivity contribution < 1.29 is 0 Å². The van der Waals surface area contributed by atoms with E-state index in [-0.39, 0.29) is 11.2 Å². The molecule has 2 atom stereocenters. The fraction of sp³-hybridized carbons (Fsp3) is 0.727. The summed E-state index contributed by atoms with van der Waals surface area (Å²) in [7, 11) is 0. The second kappa shape index (κ2) is 3.85. The Labute approximate surface area is 89.5 Å². The Morgan fingerprint density at radius 2 is 2.47 bits per heavy atom. The Balaban J connectivity index is 2.44. The average Bonchev–Trinajstić information content (AvgIpc) is 2.66. The molecule has 3 N–H and O–H groups in total. The third kappa shape index (κ3) is 1.53. The van der Waals surface area contributed by atoms with Crippen LogP contribution in [0.4, 0.5) is 0 Å². The maximum absolute atomic E-state index is 11.7. The predicted octanol–water partition coefficient (Wildman–Crippen LogP) is 1.04. The van der Waals surface area contributed by atoms with E-state index in [2.05, 4.69) is 11.9 Å². The smallest absolute Gasteiger partial charge is 0.326 e. The number of hydrogen-bond donors (Lipinski definition) is 2. The molecule has 2 unspecified atom stereocenters. The first-order chi connectivity index (χ1) is 7.20. The largest absolute Gasteiger partial charge is 0.328 e. The molecule has 0 radical (unpaired) electrons. The van der Waals surface area contributed by atoms with Crippen LogP contribution >= 0.6 is 0 Å². The molecule has 1 fully saturated rings. The molecule has 4 heteroatoms. The summed E-state index contributed by atoms with van der Waals surface area (Å²) in [5.41, 5.74) is 5.72. The topological polar surface area (TPSA) is 63.8 Å². The van der Waals surface area contributed by atoms with E-state index in [0.717, 1.165) is 12.8 Å². The quantitative estimate of drug-likeness (QED) is 0.764. The minimum atomic E-state index is -0.157. The summed E-state index contributed by atoms with van der Waals surface area (Å²) in [6.45, 7) is 2.75. The molecule has 0 aromatic carbocycles. The number of aromatic amines is 1. The second-order valence-electron chi connectivity index (χ2n) is 4.59. The van der Waals surface area contributed by atoms with E-state index in [1.807, 2.05) is 6.20 Å². The van der Waals surface area contributed by atoms with E-state index in [4.69, 9.17) is 5.73 Å². The maximum atomic E-state index is 11.7. The van der Waals surface area contributed by atoms with Gasteiger partial charge in [0.1, 0.15) is 0 Å². The minimum absolute atomic E-state index is 0.0331. The van der Waals surface area contributed by atoms with Crippen LogP contribution in [-0.4, -0.2) is 16.1 Å². The zero-order valence-electron chi connectivity index (χ0n) is 9.20. The van der Waals surface area contributed by atoms with Gasteiger partial charge in [0.15, 0.2) is 0 Å². The number of hydrogen-bond acceptors (Lipinski definition) is 2. The van der Waals surface area contributed by atoms with Crippen LogP contribution in [0.1, 0.15) is 32.6 Å². The van der Waals surface area contributed by atoms with E-state index in [1.54, 1.807) is 10.8 Å². The molecule has 1 heterocycles. The molecule has 1 aromatic rings. The lowest BCUT2D eigenvalue weighted by Gasteiger charge is -2.42. The molecular weight excluding hydrogens is 190 g/mol. The van der Waals surface area contributed by atoms with Crippen molar-refractivity contribution in [3.05, 3.63) is 22.9 Å². The molecule has 2 rings (SSSR count). The highest BCUT2D eigenvalue weighted by atomic mass is 16.1. The number of nitrogens with zero attached hydrogens (tertiary/aromatic N) is 1. The van der Waals surface area contributed by atoms with Crippen LogP contribution in [0.25, 0.3) is 0 Å². The highest BCUT2D eigenvalue weighted by molar-refractivity contribution is 4.98. The second-order valence-corrected chi connectivity index (χ2v) is 4.59. The molecule has 1 saturated carbocycles. The van der Waals surface area contributed by atoms with E-state index in [9.17, 15) is 4.79 Å². The van der Waals surface area contributed by atoms with Crippen LogP contribution in [0.15, 0.2) is 17.2 Å². The van der Waals surface area contributed by atoms with E-state index in [0.29, 0.717) is 12.5 Å². The Morgan fingerprint density at radius 1 is 1.67 bits per heavy atom. The molecule has 0 aliphatic heterocycles. The van der Waals surface area contributed by atoms with Gasteiger partial charge in [-0.2, -0.15) is 0 Å². The van der Waals surface area contributed by atoms with Gasteiger partial charge in [-0.25, -0.2) is 4.79 Å². The summed E-state index contributed by atoms with van der Waals surface area (Å²) in [5, 5.41) is 0. The first-order valence-corrected chi connectivity index (χ1v) is 5.67. The molecule has 0 amide bonds. The van der Waals surface area contributed by atoms with Gasteiger partial charge in [-0.05, 0) is 18.8 Å². The highest BCUT2D eigenvalue weighted by Crippen LogP contribution is 2.37. The maximum Gasteiger partial charge on any atom is 0.326 e. The highest BCUT2D eigenvalue weighted by Gasteiger charge is 2.39. The Bertz CT molecular complexity index is 381. The number of H-pyrrole nitrogens is 1. The van der Waals surface area contributed by atoms with Gasteiger partial charge in [0, 0.05) is 18.9 Å². The van der Waals surface area contributed by atoms with Gasteiger partial charge in [0.25, 0.3) is 0 Å². The Kier molecular flexibility index (Phi) is 2.69. The molecule has 84 valence electrons. The van der Waals surface area contributed by atoms with E-state index < -0.39 is 0 Å². The molecule has 0 spiro atoms. The van der Waals surface area contributed by atoms with Crippen molar-refractivity contribution in [1.82, 2.24) is 9.55 Å². The van der Waals surface area contributed by atoms with Crippen LogP contribution in [0.3, 0.4) is 0 Å². The van der Waals surface area contributed by atoms with Crippen molar-refractivity contribution in [2.45, 2.75) is 38.1 Å². The first kappa shape index (κ1) is 10.5. The SMILES string of the molecule is CC1CCCCC1(CN)n1cc[nH]c1=O. The first-order valence-electron chi connectivity index (χ1n) is 5.67. The molecular formula is C11H19N3O. The molecule has 4 nitrogen and oxygen atoms in total. The molecule has 1 aliphatic carbocycles. The number of aromatic nitrogens is 2. The van der Waals surface area contributed by atoms with Crippen LogP contribution in [0.5, 0.6) is 0 Å². The summed E-state index contributed by atoms with van der Waals surface area (Å²) in [6.07, 6.45) is 8.12. The van der Waals surface area contributed by atoms with E-state index >= 15 is 0 Å². The van der Waals surface area contributed by atoms with Gasteiger partial charge < -0.3 is 10.7 Å². The molecule has 0 saturated heterocycles. The van der Waals surface area contributed by atoms with Gasteiger partial charge in [-0.15, -0.1) is 0 Å². The van der Waals surface area contributed by atoms with Crippen molar-refractivity contribution in [3.8, 4) is 0 Å². The van der Waals surface area contributed by atoms with Crippen molar-refractivity contribution in [1.29, 1.82) is 0 Å². The van der Waals surface area contributed by atoms with Gasteiger partial charge in [0.05, 0.1) is 5.54 Å². The number of nitrogens with one attached hydrogen (secondary N) is 1. The minimum Gasteiger partial charge on any atom is -0.328 e. The summed E-state index contributed by atoms with van der Waals surface area (Å²) in [4.78, 5) is 14.4. The summed E-state index contributed by atoms with van der Waals surface area (Å²) in [5.74, 6) is 0.477. The van der Waals surface area contributed by atoms with E-state index in [1.165, 1.54) is 12.8 Å². The zero-order chi connectivity index (χ0) is 10.9. The van der Waals surface area contributed by atoms with Crippen molar-refractivity contribution >= 4 is 0 Å². The Hall–Kier alpha value is -1.03. The van der Waals surface area contributed by atoms with Crippen LogP contribution < -0.4 is 11.4 Å². The van der Waals surface area contributed by atoms with Crippen molar-refractivity contribution in [3.63, 3.8) is 0 Å². The number of rotatable bonds is 2. The van der Waals surface area contributed by atoms with Crippen molar-refractivity contribution in [2.24, 2.45) is 11.7 Å². The van der Waals surface area contributed by atoms with Gasteiger partial charge in [0.2, 0.25) is 0 Å². The van der Waals surface area contributed by atoms with Crippen LogP contribution in [-0.2, 0) is 5.54 Å². The monoisotopic (exact) mass is 209 g/mol. The fourth-order valence-corrected chi connectivity index (χ4v) is 2.83. The number of nitrogens with two attached hydrogens (primary N) is 1. The average molecular weight is 209 g/mol. The summed E-state index contributed by atoms with van der Waals surface area (Å²) >= 11 is 0. The molecule has 1 aromatic heterocycles. The van der Waals surface area contributed by atoms with Gasteiger partial charge >= 0.3 is 5.69 Å². The van der Waals surface area contributed by atoms with Crippen LogP contribution in [0, 0.1) is 5.92 Å². The molecule has 15 heavy (non-hydrogen) atoms. The lowest BCUT2D eigenvalue weighted by atomic mass is 9.73. The standard InChI is InChI=1S/C11H19N3O/c1-9-4-2-3-5-11(9,8-12)14-7-6-13-10(14)15/h6-7,9H,2-5,8,12H2,1H3,(H,13,15). The summed E-state index contributed by atoms with van der Waals surface area (Å²) in [6, 6.07) is 0. The third-order valence-electron chi connectivity index (χ3n) is 3.90. The third-order valence-corrected chi connectivity index (χ3v) is 3.90. The normalized spacial score (nSPS) is 31.7. The molecule has 0 bridgehead atoms. The summed E-state index contributed by atoms with van der Waals surface area (Å²) < 4.78 is 1.80. The Morgan fingerprint density at radius 3 is 3.00 bits per heavy atom. The lowest BCUT2D eigenvalue weighted by Crippen LogP contribution is -2.51. The van der Waals surface area contributed by atoms with Gasteiger partial charge in [-0.3, -0.25) is 4.57 Å².